The van der Waals surface area contributed by atoms with E-state index in [2.05, 4.69) is 10.5 Å². The number of carbonyl (C=O) groups excluding carboxylic acids is 1. The third-order valence-corrected chi connectivity index (χ3v) is 4.68. The highest BCUT2D eigenvalue weighted by atomic mass is 16.5. The number of fused-ring (bicyclic) bond motifs is 1. The van der Waals surface area contributed by atoms with E-state index in [9.17, 15) is 4.79 Å². The van der Waals surface area contributed by atoms with Crippen LogP contribution in [0.25, 0.3) is 10.8 Å². The van der Waals surface area contributed by atoms with Gasteiger partial charge in [-0.2, -0.15) is 0 Å². The molecule has 4 rings (SSSR count). The minimum Gasteiger partial charge on any atom is -0.488 e. The Labute approximate surface area is 162 Å². The van der Waals surface area contributed by atoms with Gasteiger partial charge in [0, 0.05) is 5.69 Å². The number of carbonyl (C=O) groups is 1. The Bertz CT molecular complexity index is 1110. The smallest absolute Gasteiger partial charge is 0.259 e. The quantitative estimate of drug-likeness (QED) is 0.518. The van der Waals surface area contributed by atoms with Crippen molar-refractivity contribution in [3.63, 3.8) is 0 Å². The molecule has 4 aromatic rings. The fraction of sp³-hybridized carbons (Fsp3) is 0.130. The fourth-order valence-corrected chi connectivity index (χ4v) is 3.09. The minimum absolute atomic E-state index is 0.217. The molecule has 1 amide bonds. The number of hydrogen-bond acceptors (Lipinski definition) is 4. The summed E-state index contributed by atoms with van der Waals surface area (Å²) in [6.45, 7) is 4.01. The van der Waals surface area contributed by atoms with Crippen molar-refractivity contribution in [3.8, 4) is 5.75 Å². The van der Waals surface area contributed by atoms with Gasteiger partial charge in [0.05, 0.1) is 16.8 Å². The maximum atomic E-state index is 13.0. The predicted molar refractivity (Wildman–Crippen MR) is 109 cm³/mol. The molecule has 0 radical (unpaired) electrons. The molecule has 140 valence electrons. The van der Waals surface area contributed by atoms with Crippen molar-refractivity contribution in [1.29, 1.82) is 0 Å². The first-order chi connectivity index (χ1) is 13.6. The molecule has 0 saturated carbocycles. The molecule has 0 saturated heterocycles. The summed E-state index contributed by atoms with van der Waals surface area (Å²) in [5.41, 5.74) is 2.89. The Morgan fingerprint density at radius 3 is 2.36 bits per heavy atom. The molecule has 0 atom stereocenters. The molecule has 1 N–H and O–H groups in total. The highest BCUT2D eigenvalue weighted by molar-refractivity contribution is 6.08. The zero-order valence-electron chi connectivity index (χ0n) is 15.7. The van der Waals surface area contributed by atoms with E-state index in [1.807, 2.05) is 80.6 Å². The summed E-state index contributed by atoms with van der Waals surface area (Å²) in [5.74, 6) is 1.02. The highest BCUT2D eigenvalue weighted by Crippen LogP contribution is 2.28. The fourth-order valence-electron chi connectivity index (χ4n) is 3.09. The van der Waals surface area contributed by atoms with E-state index in [0.717, 1.165) is 27.7 Å². The van der Waals surface area contributed by atoms with Crippen molar-refractivity contribution in [2.45, 2.75) is 20.5 Å². The number of amides is 1. The van der Waals surface area contributed by atoms with Gasteiger partial charge in [0.2, 0.25) is 0 Å². The zero-order chi connectivity index (χ0) is 19.5. The van der Waals surface area contributed by atoms with Crippen LogP contribution in [0.1, 0.15) is 27.4 Å². The van der Waals surface area contributed by atoms with Gasteiger partial charge < -0.3 is 14.6 Å². The van der Waals surface area contributed by atoms with E-state index in [4.69, 9.17) is 9.26 Å². The molecule has 5 heteroatoms. The molecule has 0 aliphatic carbocycles. The lowest BCUT2D eigenvalue weighted by Crippen LogP contribution is -2.14. The van der Waals surface area contributed by atoms with Gasteiger partial charge in [-0.05, 0) is 48.9 Å². The number of benzene rings is 3. The molecule has 3 aromatic carbocycles. The van der Waals surface area contributed by atoms with Crippen molar-refractivity contribution in [2.75, 3.05) is 5.32 Å². The van der Waals surface area contributed by atoms with Crippen LogP contribution in [0.15, 0.2) is 71.3 Å². The van der Waals surface area contributed by atoms with E-state index in [1.165, 1.54) is 0 Å². The number of hydrogen-bond donors (Lipinski definition) is 1. The largest absolute Gasteiger partial charge is 0.488 e. The van der Waals surface area contributed by atoms with E-state index in [1.54, 1.807) is 0 Å². The maximum Gasteiger partial charge on any atom is 0.259 e. The first-order valence-electron chi connectivity index (χ1n) is 9.05. The van der Waals surface area contributed by atoms with Crippen molar-refractivity contribution in [2.24, 2.45) is 0 Å². The Balaban J connectivity index is 1.69. The molecule has 28 heavy (non-hydrogen) atoms. The average Bonchev–Trinajstić information content (AvgIpc) is 3.04. The van der Waals surface area contributed by atoms with E-state index >= 15 is 0 Å². The Kier molecular flexibility index (Phi) is 4.81. The van der Waals surface area contributed by atoms with Crippen LogP contribution in [0.2, 0.25) is 0 Å². The number of aryl methyl sites for hydroxylation is 2. The van der Waals surface area contributed by atoms with Crippen LogP contribution in [0.4, 0.5) is 5.69 Å². The lowest BCUT2D eigenvalue weighted by atomic mass is 10.0. The molecule has 0 bridgehead atoms. The van der Waals surface area contributed by atoms with Crippen LogP contribution < -0.4 is 10.1 Å². The Morgan fingerprint density at radius 1 is 1.00 bits per heavy atom. The monoisotopic (exact) mass is 372 g/mol. The van der Waals surface area contributed by atoms with Gasteiger partial charge in [-0.3, -0.25) is 4.79 Å². The summed E-state index contributed by atoms with van der Waals surface area (Å²) in [6, 6.07) is 21.0. The normalized spacial score (nSPS) is 10.8. The van der Waals surface area contributed by atoms with E-state index in [-0.39, 0.29) is 12.5 Å². The molecular formula is C23H20N2O3. The number of rotatable bonds is 5. The van der Waals surface area contributed by atoms with Gasteiger partial charge in [0.1, 0.15) is 18.1 Å². The second-order valence-corrected chi connectivity index (χ2v) is 6.61. The lowest BCUT2D eigenvalue weighted by molar-refractivity contribution is 0.102. The summed E-state index contributed by atoms with van der Waals surface area (Å²) in [5, 5.41) is 8.87. The molecule has 0 fully saturated rings. The molecule has 5 nitrogen and oxygen atoms in total. The number of para-hydroxylation sites is 1. The van der Waals surface area contributed by atoms with Crippen molar-refractivity contribution in [1.82, 2.24) is 5.16 Å². The van der Waals surface area contributed by atoms with Crippen molar-refractivity contribution >= 4 is 22.4 Å². The molecule has 0 spiro atoms. The third kappa shape index (κ3) is 3.60. The zero-order valence-corrected chi connectivity index (χ0v) is 15.7. The Morgan fingerprint density at radius 2 is 1.68 bits per heavy atom. The number of nitrogens with one attached hydrogen (secondary N) is 1. The summed E-state index contributed by atoms with van der Waals surface area (Å²) in [7, 11) is 0. The van der Waals surface area contributed by atoms with Crippen molar-refractivity contribution < 1.29 is 14.1 Å². The van der Waals surface area contributed by atoms with Crippen LogP contribution in [-0.2, 0) is 6.61 Å². The van der Waals surface area contributed by atoms with Gasteiger partial charge in [0.15, 0.2) is 0 Å². The summed E-state index contributed by atoms with van der Waals surface area (Å²) in [6.07, 6.45) is 0. The topological polar surface area (TPSA) is 64.4 Å². The first kappa shape index (κ1) is 17.8. The minimum atomic E-state index is -0.217. The lowest BCUT2D eigenvalue weighted by Gasteiger charge is -2.13. The van der Waals surface area contributed by atoms with Crippen molar-refractivity contribution in [3.05, 3.63) is 89.3 Å². The average molecular weight is 372 g/mol. The second kappa shape index (κ2) is 7.56. The van der Waals surface area contributed by atoms with Crippen LogP contribution in [-0.4, -0.2) is 11.1 Å². The van der Waals surface area contributed by atoms with E-state index < -0.39 is 0 Å². The molecule has 0 aliphatic rings. The molecule has 1 heterocycles. The summed E-state index contributed by atoms with van der Waals surface area (Å²) in [4.78, 5) is 13.0. The molecule has 0 aliphatic heterocycles. The summed E-state index contributed by atoms with van der Waals surface area (Å²) >= 11 is 0. The van der Waals surface area contributed by atoms with Crippen LogP contribution in [0.3, 0.4) is 0 Å². The van der Waals surface area contributed by atoms with E-state index in [0.29, 0.717) is 17.1 Å². The van der Waals surface area contributed by atoms with Gasteiger partial charge >= 0.3 is 0 Å². The number of nitrogens with zero attached hydrogens (tertiary/aromatic N) is 1. The SMILES string of the molecule is Cc1noc(C)c1COc1cc2ccccc2cc1C(=O)Nc1ccccc1. The molecule has 1 aromatic heterocycles. The standard InChI is InChI=1S/C23H20N2O3/c1-15-21(16(2)28-25-15)14-27-22-13-18-9-7-6-8-17(18)12-20(22)23(26)24-19-10-4-3-5-11-19/h3-13H,14H2,1-2H3,(H,24,26). The third-order valence-electron chi connectivity index (χ3n) is 4.68. The van der Waals surface area contributed by atoms with Gasteiger partial charge in [-0.25, -0.2) is 0 Å². The first-order valence-corrected chi connectivity index (χ1v) is 9.05. The summed E-state index contributed by atoms with van der Waals surface area (Å²) < 4.78 is 11.3. The Hall–Kier alpha value is -3.60. The van der Waals surface area contributed by atoms with Gasteiger partial charge in [-0.15, -0.1) is 0 Å². The van der Waals surface area contributed by atoms with Crippen LogP contribution in [0.5, 0.6) is 5.75 Å². The second-order valence-electron chi connectivity index (χ2n) is 6.61. The number of ether oxygens (including phenoxy) is 1. The number of aromatic nitrogens is 1. The number of anilines is 1. The van der Waals surface area contributed by atoms with Gasteiger partial charge in [0.25, 0.3) is 5.91 Å². The molecular weight excluding hydrogens is 352 g/mol. The maximum absolute atomic E-state index is 13.0. The van der Waals surface area contributed by atoms with Crippen LogP contribution in [0, 0.1) is 13.8 Å². The van der Waals surface area contributed by atoms with Crippen LogP contribution >= 0.6 is 0 Å². The highest BCUT2D eigenvalue weighted by Gasteiger charge is 2.17. The predicted octanol–water partition coefficient (Wildman–Crippen LogP) is 5.28. The molecule has 0 unspecified atom stereocenters. The van der Waals surface area contributed by atoms with Gasteiger partial charge in [-0.1, -0.05) is 47.6 Å².